The molecule has 120 valence electrons. The molecule has 8 nitrogen and oxygen atoms in total. The average Bonchev–Trinajstić information content (AvgIpc) is 2.72. The summed E-state index contributed by atoms with van der Waals surface area (Å²) in [4.78, 5) is 49.9. The van der Waals surface area contributed by atoms with Crippen molar-refractivity contribution in [3.63, 3.8) is 0 Å². The molecule has 3 rings (SSSR count). The van der Waals surface area contributed by atoms with Gasteiger partial charge in [-0.1, -0.05) is 0 Å². The first kappa shape index (κ1) is 15.5. The van der Waals surface area contributed by atoms with E-state index in [9.17, 15) is 19.2 Å². The molecule has 10 heteroatoms. The number of carbonyl (C=O) groups is 4. The lowest BCUT2D eigenvalue weighted by molar-refractivity contribution is -0.193. The lowest BCUT2D eigenvalue weighted by atomic mass is 10.3. The Morgan fingerprint density at radius 1 is 1.00 bits per heavy atom. The Balaban J connectivity index is 1.91. The third-order valence-corrected chi connectivity index (χ3v) is 6.71. The molecule has 3 aliphatic heterocycles. The Morgan fingerprint density at radius 3 is 1.77 bits per heavy atom. The van der Waals surface area contributed by atoms with E-state index >= 15 is 0 Å². The maximum absolute atomic E-state index is 11.8. The quantitative estimate of drug-likeness (QED) is 0.444. The molecule has 0 aromatic heterocycles. The highest BCUT2D eigenvalue weighted by atomic mass is 32.2. The van der Waals surface area contributed by atoms with E-state index in [2.05, 4.69) is 0 Å². The highest BCUT2D eigenvalue weighted by molar-refractivity contribution is 8.21. The number of fused-ring (bicyclic) bond motifs is 1. The van der Waals surface area contributed by atoms with E-state index in [0.29, 0.717) is 13.1 Å². The lowest BCUT2D eigenvalue weighted by Gasteiger charge is -2.41. The zero-order chi connectivity index (χ0) is 16.1. The normalized spacial score (nSPS) is 29.9. The van der Waals surface area contributed by atoms with Gasteiger partial charge in [0.1, 0.15) is 17.2 Å². The summed E-state index contributed by atoms with van der Waals surface area (Å²) in [6.45, 7) is 3.66. The van der Waals surface area contributed by atoms with E-state index in [1.165, 1.54) is 13.8 Å². The number of hydrogen-bond acceptors (Lipinski definition) is 8. The van der Waals surface area contributed by atoms with Crippen LogP contribution >= 0.6 is 23.5 Å². The second-order valence-electron chi connectivity index (χ2n) is 5.07. The molecule has 3 heterocycles. The minimum atomic E-state index is -1.52. The number of amides is 2. The number of hydrogen-bond donors (Lipinski definition) is 0. The number of ether oxygens (including phenoxy) is 2. The van der Waals surface area contributed by atoms with Gasteiger partial charge in [-0.2, -0.15) is 0 Å². The molecular weight excluding hydrogens is 332 g/mol. The predicted octanol–water partition coefficient (Wildman–Crippen LogP) is -0.0694. The molecular formula is C12H14N2O6S2. The van der Waals surface area contributed by atoms with Gasteiger partial charge in [-0.25, -0.2) is 0 Å². The Kier molecular flexibility index (Phi) is 3.76. The van der Waals surface area contributed by atoms with Gasteiger partial charge in [-0.05, 0) is 23.5 Å². The summed E-state index contributed by atoms with van der Waals surface area (Å²) in [6.07, 6.45) is -0.426. The zero-order valence-electron chi connectivity index (χ0n) is 11.9. The fourth-order valence-corrected chi connectivity index (χ4v) is 6.20. The number of esters is 2. The molecule has 0 aromatic carbocycles. The molecule has 0 aliphatic carbocycles. The number of carbonyl (C=O) groups excluding carboxylic acids is 4. The smallest absolute Gasteiger partial charge is 0.362 e. The fraction of sp³-hybridized carbons (Fsp3) is 0.667. The van der Waals surface area contributed by atoms with Gasteiger partial charge in [0.15, 0.2) is 0 Å². The Bertz CT molecular complexity index is 520. The highest BCUT2D eigenvalue weighted by Gasteiger charge is 2.60. The molecule has 3 fully saturated rings. The standard InChI is InChI=1S/C12H14N2O6S2/c1-6(15)13-3-4-14(7(2)16)11-10(13)21-12(22-11)19-8(17)5-9(18)20-12/h10-11H,3-5H2,1-2H3. The SMILES string of the molecule is CC(=O)N1CCN(C(C)=O)C2SC3(OC(=O)CC(=O)O3)SC21. The Labute approximate surface area is 134 Å². The van der Waals surface area contributed by atoms with Crippen molar-refractivity contribution in [3.8, 4) is 0 Å². The molecule has 0 N–H and O–H groups in total. The van der Waals surface area contributed by atoms with Crippen LogP contribution in [-0.4, -0.2) is 61.8 Å². The number of rotatable bonds is 0. The molecule has 2 amide bonds. The summed E-state index contributed by atoms with van der Waals surface area (Å²) in [5.74, 6) is -1.62. The Morgan fingerprint density at radius 2 is 1.41 bits per heavy atom. The van der Waals surface area contributed by atoms with Crippen LogP contribution in [0.5, 0.6) is 0 Å². The van der Waals surface area contributed by atoms with E-state index in [1.807, 2.05) is 0 Å². The molecule has 0 bridgehead atoms. The van der Waals surface area contributed by atoms with Gasteiger partial charge in [0.25, 0.3) is 0 Å². The fourth-order valence-electron chi connectivity index (χ4n) is 2.60. The van der Waals surface area contributed by atoms with E-state index in [4.69, 9.17) is 9.47 Å². The number of nitrogens with zero attached hydrogens (tertiary/aromatic N) is 2. The minimum absolute atomic E-state index is 0.142. The molecule has 0 radical (unpaired) electrons. The molecule has 3 saturated heterocycles. The van der Waals surface area contributed by atoms with Crippen molar-refractivity contribution in [2.24, 2.45) is 0 Å². The largest absolute Gasteiger partial charge is 0.403 e. The highest BCUT2D eigenvalue weighted by Crippen LogP contribution is 2.57. The van der Waals surface area contributed by atoms with E-state index in [0.717, 1.165) is 23.5 Å². The topological polar surface area (TPSA) is 93.2 Å². The summed E-state index contributed by atoms with van der Waals surface area (Å²) in [6, 6.07) is 0. The van der Waals surface area contributed by atoms with Crippen molar-refractivity contribution in [2.45, 2.75) is 35.5 Å². The monoisotopic (exact) mass is 346 g/mol. The van der Waals surface area contributed by atoms with Gasteiger partial charge in [0, 0.05) is 26.9 Å². The van der Waals surface area contributed by atoms with Crippen molar-refractivity contribution < 1.29 is 28.7 Å². The van der Waals surface area contributed by atoms with E-state index in [-0.39, 0.29) is 11.8 Å². The van der Waals surface area contributed by atoms with Gasteiger partial charge in [0.05, 0.1) is 0 Å². The predicted molar refractivity (Wildman–Crippen MR) is 77.1 cm³/mol. The lowest BCUT2D eigenvalue weighted by Crippen LogP contribution is -2.57. The molecule has 22 heavy (non-hydrogen) atoms. The summed E-state index contributed by atoms with van der Waals surface area (Å²) in [5.41, 5.74) is 0. The first-order valence-corrected chi connectivity index (χ1v) is 8.41. The molecule has 0 saturated carbocycles. The third kappa shape index (κ3) is 2.54. The van der Waals surface area contributed by atoms with Crippen LogP contribution in [0.4, 0.5) is 0 Å². The Hall–Kier alpha value is -1.42. The van der Waals surface area contributed by atoms with Crippen molar-refractivity contribution in [1.29, 1.82) is 0 Å². The van der Waals surface area contributed by atoms with Crippen LogP contribution in [0.3, 0.4) is 0 Å². The van der Waals surface area contributed by atoms with Crippen LogP contribution in [0.2, 0.25) is 0 Å². The van der Waals surface area contributed by atoms with Gasteiger partial charge < -0.3 is 19.3 Å². The zero-order valence-corrected chi connectivity index (χ0v) is 13.6. The number of thioether (sulfide) groups is 2. The second kappa shape index (κ2) is 5.34. The van der Waals surface area contributed by atoms with Crippen LogP contribution in [0, 0.1) is 0 Å². The first-order chi connectivity index (χ1) is 10.3. The van der Waals surface area contributed by atoms with Crippen LogP contribution in [-0.2, 0) is 28.7 Å². The average molecular weight is 346 g/mol. The molecule has 0 aromatic rings. The first-order valence-electron chi connectivity index (χ1n) is 6.65. The second-order valence-corrected chi connectivity index (χ2v) is 7.84. The van der Waals surface area contributed by atoms with Gasteiger partial charge in [-0.15, -0.1) is 0 Å². The number of piperazine rings is 1. The van der Waals surface area contributed by atoms with Gasteiger partial charge in [0.2, 0.25) is 11.8 Å². The minimum Gasteiger partial charge on any atom is -0.403 e. The van der Waals surface area contributed by atoms with Gasteiger partial charge in [-0.3, -0.25) is 19.2 Å². The summed E-state index contributed by atoms with van der Waals surface area (Å²) in [5, 5.41) is -0.863. The molecule has 3 aliphatic rings. The summed E-state index contributed by atoms with van der Waals surface area (Å²) >= 11 is 2.14. The van der Waals surface area contributed by atoms with Crippen molar-refractivity contribution in [1.82, 2.24) is 9.80 Å². The molecule has 1 spiro atoms. The van der Waals surface area contributed by atoms with Crippen molar-refractivity contribution in [3.05, 3.63) is 0 Å². The van der Waals surface area contributed by atoms with Crippen molar-refractivity contribution in [2.75, 3.05) is 13.1 Å². The van der Waals surface area contributed by atoms with Gasteiger partial charge >= 0.3 is 16.4 Å². The van der Waals surface area contributed by atoms with E-state index in [1.54, 1.807) is 9.80 Å². The van der Waals surface area contributed by atoms with Crippen LogP contribution < -0.4 is 0 Å². The summed E-state index contributed by atoms with van der Waals surface area (Å²) in [7, 11) is 0. The van der Waals surface area contributed by atoms with Crippen LogP contribution in [0.25, 0.3) is 0 Å². The molecule has 2 atom stereocenters. The van der Waals surface area contributed by atoms with Crippen LogP contribution in [0.1, 0.15) is 20.3 Å². The molecule has 2 unspecified atom stereocenters. The maximum Gasteiger partial charge on any atom is 0.362 e. The maximum atomic E-state index is 11.8. The van der Waals surface area contributed by atoms with Crippen molar-refractivity contribution >= 4 is 47.3 Å². The van der Waals surface area contributed by atoms with Crippen LogP contribution in [0.15, 0.2) is 0 Å². The third-order valence-electron chi connectivity index (χ3n) is 3.55. The summed E-state index contributed by atoms with van der Waals surface area (Å²) < 4.78 is 8.92. The van der Waals surface area contributed by atoms with E-state index < -0.39 is 33.6 Å².